The second kappa shape index (κ2) is 14.7. The largest absolute Gasteiger partial charge is 0.481 e. The summed E-state index contributed by atoms with van der Waals surface area (Å²) in [4.78, 5) is 45.7. The van der Waals surface area contributed by atoms with Crippen molar-refractivity contribution in [3.63, 3.8) is 0 Å². The van der Waals surface area contributed by atoms with Gasteiger partial charge in [-0.3, -0.25) is 19.1 Å². The molecule has 13 nitrogen and oxygen atoms in total. The van der Waals surface area contributed by atoms with Gasteiger partial charge in [0.25, 0.3) is 5.91 Å². The van der Waals surface area contributed by atoms with Gasteiger partial charge >= 0.3 is 11.9 Å². The van der Waals surface area contributed by atoms with E-state index in [2.05, 4.69) is 25.5 Å². The van der Waals surface area contributed by atoms with Crippen molar-refractivity contribution < 1.29 is 37.7 Å². The molecule has 0 radical (unpaired) electrons. The summed E-state index contributed by atoms with van der Waals surface area (Å²) in [6.07, 6.45) is 10.5. The highest BCUT2D eigenvalue weighted by Crippen LogP contribution is 2.35. The molecule has 0 bridgehead atoms. The molecule has 2 aliphatic rings. The standard InChI is InChI=1S/C32H35F2N7O6S/c1-2-46-20-9-7-19(8-10-20)41-15-24(28(39-41)27-23(33)11-12-26(34)38-27)36-29(42)25-16-48-30(37-25)18-13-35-40(14-18)17-47-32(45)22-6-4-3-5-21(22)31(43)44/h11-16,19-22H,2-10,17H2,1H3,(H,36,42)(H,43,44)/t19?,20?,21-,22+/m1/s1. The fourth-order valence-electron chi connectivity index (χ4n) is 6.33. The third-order valence-electron chi connectivity index (χ3n) is 8.78. The number of thiazole rings is 1. The lowest BCUT2D eigenvalue weighted by atomic mass is 9.79. The molecule has 0 spiro atoms. The van der Waals surface area contributed by atoms with Crippen molar-refractivity contribution >= 4 is 34.9 Å². The maximum Gasteiger partial charge on any atom is 0.311 e. The number of aliphatic carboxylic acids is 1. The Kier molecular flexibility index (Phi) is 10.2. The van der Waals surface area contributed by atoms with Crippen molar-refractivity contribution in [3.8, 4) is 22.0 Å². The average molecular weight is 684 g/mol. The Bertz CT molecular complexity index is 1780. The molecule has 4 aromatic rings. The summed E-state index contributed by atoms with van der Waals surface area (Å²) in [5.74, 6) is -5.26. The zero-order valence-electron chi connectivity index (χ0n) is 26.2. The fourth-order valence-corrected chi connectivity index (χ4v) is 7.10. The van der Waals surface area contributed by atoms with E-state index in [9.17, 15) is 28.3 Å². The van der Waals surface area contributed by atoms with E-state index in [1.807, 2.05) is 6.92 Å². The Morgan fingerprint density at radius 3 is 2.54 bits per heavy atom. The second-order valence-electron chi connectivity index (χ2n) is 11.9. The van der Waals surface area contributed by atoms with Crippen LogP contribution in [-0.4, -0.2) is 65.2 Å². The molecule has 2 saturated carbocycles. The zero-order valence-corrected chi connectivity index (χ0v) is 27.0. The molecule has 0 aliphatic heterocycles. The van der Waals surface area contributed by atoms with E-state index in [4.69, 9.17) is 9.47 Å². The number of pyridine rings is 1. The number of carboxylic acid groups (broad SMARTS) is 1. The first-order valence-corrected chi connectivity index (χ1v) is 16.8. The van der Waals surface area contributed by atoms with E-state index in [-0.39, 0.29) is 41.6 Å². The van der Waals surface area contributed by atoms with Crippen LogP contribution in [0.1, 0.15) is 74.8 Å². The highest BCUT2D eigenvalue weighted by Gasteiger charge is 2.37. The topological polar surface area (TPSA) is 163 Å². The van der Waals surface area contributed by atoms with Crippen LogP contribution >= 0.6 is 11.3 Å². The molecule has 0 unspecified atom stereocenters. The van der Waals surface area contributed by atoms with Gasteiger partial charge in [-0.2, -0.15) is 14.6 Å². The Morgan fingerprint density at radius 2 is 1.79 bits per heavy atom. The second-order valence-corrected chi connectivity index (χ2v) is 12.8. The van der Waals surface area contributed by atoms with Crippen LogP contribution in [0.3, 0.4) is 0 Å². The summed E-state index contributed by atoms with van der Waals surface area (Å²) in [6.45, 7) is 2.39. The summed E-state index contributed by atoms with van der Waals surface area (Å²) >= 11 is 1.19. The minimum atomic E-state index is -0.996. The van der Waals surface area contributed by atoms with Crippen LogP contribution in [0.15, 0.2) is 36.1 Å². The van der Waals surface area contributed by atoms with E-state index < -0.39 is 41.4 Å². The first-order valence-electron chi connectivity index (χ1n) is 15.9. The van der Waals surface area contributed by atoms with Gasteiger partial charge in [0.2, 0.25) is 5.95 Å². The highest BCUT2D eigenvalue weighted by molar-refractivity contribution is 7.13. The van der Waals surface area contributed by atoms with Crippen LogP contribution in [0.2, 0.25) is 0 Å². The van der Waals surface area contributed by atoms with Gasteiger partial charge in [0.15, 0.2) is 12.5 Å². The van der Waals surface area contributed by atoms with Gasteiger partial charge in [-0.05, 0) is 57.6 Å². The van der Waals surface area contributed by atoms with E-state index >= 15 is 0 Å². The lowest BCUT2D eigenvalue weighted by Gasteiger charge is -2.28. The van der Waals surface area contributed by atoms with E-state index in [1.54, 1.807) is 22.5 Å². The van der Waals surface area contributed by atoms with Crippen LogP contribution in [0.4, 0.5) is 14.5 Å². The highest BCUT2D eigenvalue weighted by atomic mass is 32.1. The van der Waals surface area contributed by atoms with Crippen LogP contribution in [-0.2, 0) is 25.8 Å². The number of nitrogens with zero attached hydrogens (tertiary/aromatic N) is 6. The van der Waals surface area contributed by atoms with Gasteiger partial charge in [-0.15, -0.1) is 11.3 Å². The lowest BCUT2D eigenvalue weighted by molar-refractivity contribution is -0.162. The molecule has 254 valence electrons. The SMILES string of the molecule is CCOC1CCC(n2cc(NC(=O)c3csc(-c4cnn(COC(=O)[C@H]5CCCC[C@H]5C(=O)O)c4)n3)c(-c3nc(F)ccc3F)n2)CC1. The number of amides is 1. The van der Waals surface area contributed by atoms with Gasteiger partial charge in [0.05, 0.1) is 35.9 Å². The number of halogens is 2. The number of carbonyl (C=O) groups is 3. The summed E-state index contributed by atoms with van der Waals surface area (Å²) in [6, 6.07) is 1.86. The van der Waals surface area contributed by atoms with Gasteiger partial charge in [-0.25, -0.2) is 19.0 Å². The van der Waals surface area contributed by atoms with Crippen molar-refractivity contribution in [1.29, 1.82) is 0 Å². The van der Waals surface area contributed by atoms with Crippen LogP contribution in [0, 0.1) is 23.6 Å². The van der Waals surface area contributed by atoms with Crippen molar-refractivity contribution in [3.05, 3.63) is 53.6 Å². The number of aromatic nitrogens is 6. The van der Waals surface area contributed by atoms with E-state index in [0.29, 0.717) is 30.0 Å². The maximum absolute atomic E-state index is 14.8. The predicted octanol–water partition coefficient (Wildman–Crippen LogP) is 5.71. The molecular formula is C32H35F2N7O6S. The number of nitrogens with one attached hydrogen (secondary N) is 1. The normalized spacial score (nSPS) is 21.1. The zero-order chi connectivity index (χ0) is 33.8. The van der Waals surface area contributed by atoms with Crippen molar-refractivity contribution in [1.82, 2.24) is 29.5 Å². The first kappa shape index (κ1) is 33.3. The molecule has 2 aliphatic carbocycles. The monoisotopic (exact) mass is 683 g/mol. The van der Waals surface area contributed by atoms with Gasteiger partial charge < -0.3 is 19.9 Å². The van der Waals surface area contributed by atoms with Crippen molar-refractivity contribution in [2.75, 3.05) is 11.9 Å². The van der Waals surface area contributed by atoms with Crippen molar-refractivity contribution in [2.45, 2.75) is 77.2 Å². The van der Waals surface area contributed by atoms with E-state index in [1.165, 1.54) is 22.2 Å². The smallest absolute Gasteiger partial charge is 0.311 e. The molecule has 48 heavy (non-hydrogen) atoms. The predicted molar refractivity (Wildman–Crippen MR) is 169 cm³/mol. The fraction of sp³-hybridized carbons (Fsp3) is 0.469. The molecule has 2 N–H and O–H groups in total. The van der Waals surface area contributed by atoms with Crippen molar-refractivity contribution in [2.24, 2.45) is 11.8 Å². The molecule has 4 heterocycles. The van der Waals surface area contributed by atoms with Gasteiger partial charge in [-0.1, -0.05) is 12.8 Å². The summed E-state index contributed by atoms with van der Waals surface area (Å²) in [7, 11) is 0. The van der Waals surface area contributed by atoms with E-state index in [0.717, 1.165) is 50.7 Å². The Balaban J connectivity index is 1.14. The number of carbonyl (C=O) groups excluding carboxylic acids is 2. The summed E-state index contributed by atoms with van der Waals surface area (Å²) in [5, 5.41) is 23.0. The number of ether oxygens (including phenoxy) is 2. The minimum absolute atomic E-state index is 0.00135. The molecule has 0 saturated heterocycles. The van der Waals surface area contributed by atoms with Gasteiger partial charge in [0, 0.05) is 29.9 Å². The number of hydrogen-bond donors (Lipinski definition) is 2. The number of hydrogen-bond acceptors (Lipinski definition) is 10. The third-order valence-corrected chi connectivity index (χ3v) is 9.67. The third kappa shape index (κ3) is 7.44. The Morgan fingerprint density at radius 1 is 1.02 bits per heavy atom. The number of anilines is 1. The molecule has 1 amide bonds. The van der Waals surface area contributed by atoms with Gasteiger partial charge in [0.1, 0.15) is 22.1 Å². The van der Waals surface area contributed by atoms with Crippen LogP contribution in [0.25, 0.3) is 22.0 Å². The number of carboxylic acids is 1. The minimum Gasteiger partial charge on any atom is -0.481 e. The average Bonchev–Trinajstić information content (AvgIpc) is 3.86. The summed E-state index contributed by atoms with van der Waals surface area (Å²) < 4.78 is 43.1. The quantitative estimate of drug-likeness (QED) is 0.148. The van der Waals surface area contributed by atoms with Crippen LogP contribution < -0.4 is 5.32 Å². The van der Waals surface area contributed by atoms with Crippen LogP contribution in [0.5, 0.6) is 0 Å². The molecule has 6 rings (SSSR count). The molecule has 4 aromatic heterocycles. The number of rotatable bonds is 11. The number of esters is 1. The molecule has 0 aromatic carbocycles. The summed E-state index contributed by atoms with van der Waals surface area (Å²) in [5.41, 5.74) is 0.493. The molecule has 16 heteroatoms. The Labute approximate surface area is 278 Å². The molecule has 2 atom stereocenters. The maximum atomic E-state index is 14.8. The Hall–Kier alpha value is -4.57. The first-order chi connectivity index (χ1) is 23.2. The molecule has 2 fully saturated rings. The molecular weight excluding hydrogens is 648 g/mol. The lowest BCUT2D eigenvalue weighted by Crippen LogP contribution is -2.34.